The third-order valence-electron chi connectivity index (χ3n) is 4.10. The highest BCUT2D eigenvalue weighted by molar-refractivity contribution is 7.89. The first kappa shape index (κ1) is 17.6. The highest BCUT2D eigenvalue weighted by atomic mass is 32.2. The molecule has 0 saturated heterocycles. The monoisotopic (exact) mass is 358 g/mol. The molecule has 0 aliphatic rings. The molecule has 3 aromatic rings. The molecule has 7 heteroatoms. The summed E-state index contributed by atoms with van der Waals surface area (Å²) in [4.78, 5) is 4.74. The third-order valence-corrected chi connectivity index (χ3v) is 5.80. The number of hydrogen-bond donors (Lipinski definition) is 1. The van der Waals surface area contributed by atoms with Gasteiger partial charge in [0.05, 0.1) is 11.4 Å². The minimum Gasteiger partial charge on any atom is -0.218 e. The predicted molar refractivity (Wildman–Crippen MR) is 97.1 cm³/mol. The van der Waals surface area contributed by atoms with E-state index in [0.717, 1.165) is 33.6 Å². The number of rotatable bonds is 4. The Kier molecular flexibility index (Phi) is 4.38. The van der Waals surface area contributed by atoms with Crippen LogP contribution in [0.25, 0.3) is 5.65 Å². The van der Waals surface area contributed by atoms with Gasteiger partial charge in [-0.2, -0.15) is 0 Å². The lowest BCUT2D eigenvalue weighted by Crippen LogP contribution is -2.25. The molecule has 0 aliphatic heterocycles. The zero-order valence-electron chi connectivity index (χ0n) is 15.1. The van der Waals surface area contributed by atoms with Gasteiger partial charge in [0.1, 0.15) is 0 Å². The molecule has 0 saturated carbocycles. The second-order valence-corrected chi connectivity index (χ2v) is 8.23. The van der Waals surface area contributed by atoms with Gasteiger partial charge in [-0.05, 0) is 63.4 Å². The van der Waals surface area contributed by atoms with Gasteiger partial charge in [0, 0.05) is 5.69 Å². The molecule has 2 aromatic heterocycles. The van der Waals surface area contributed by atoms with Crippen LogP contribution in [0.15, 0.2) is 29.2 Å². The van der Waals surface area contributed by atoms with Crippen LogP contribution in [0.2, 0.25) is 0 Å². The number of nitrogens with one attached hydrogen (secondary N) is 1. The number of benzene rings is 1. The van der Waals surface area contributed by atoms with Crippen molar-refractivity contribution in [3.63, 3.8) is 0 Å². The normalized spacial score (nSPS) is 12.0. The summed E-state index contributed by atoms with van der Waals surface area (Å²) in [6.45, 7) is 9.56. The maximum absolute atomic E-state index is 12.7. The predicted octanol–water partition coefficient (Wildman–Crippen LogP) is 2.75. The summed E-state index contributed by atoms with van der Waals surface area (Å²) in [6.07, 6.45) is 0. The van der Waals surface area contributed by atoms with Crippen LogP contribution in [-0.2, 0) is 16.6 Å². The molecule has 0 spiro atoms. The molecule has 6 nitrogen and oxygen atoms in total. The molecule has 0 bridgehead atoms. The lowest BCUT2D eigenvalue weighted by atomic mass is 10.1. The van der Waals surface area contributed by atoms with Crippen LogP contribution in [-0.4, -0.2) is 23.0 Å². The fraction of sp³-hybridized carbons (Fsp3) is 0.333. The summed E-state index contributed by atoms with van der Waals surface area (Å²) in [5, 5.41) is 4.39. The van der Waals surface area contributed by atoms with Gasteiger partial charge in [-0.3, -0.25) is 0 Å². The molecule has 132 valence electrons. The molecule has 0 aliphatic carbocycles. The Morgan fingerprint density at radius 1 is 0.960 bits per heavy atom. The first-order chi connectivity index (χ1) is 11.7. The van der Waals surface area contributed by atoms with Crippen molar-refractivity contribution >= 4 is 15.7 Å². The molecule has 0 fully saturated rings. The van der Waals surface area contributed by atoms with E-state index in [9.17, 15) is 8.42 Å². The highest BCUT2D eigenvalue weighted by Crippen LogP contribution is 2.21. The van der Waals surface area contributed by atoms with E-state index < -0.39 is 10.0 Å². The number of aryl methyl sites for hydroxylation is 5. The Labute approximate surface area is 148 Å². The lowest BCUT2D eigenvalue weighted by molar-refractivity contribution is 0.578. The van der Waals surface area contributed by atoms with Gasteiger partial charge >= 0.3 is 0 Å². The fourth-order valence-corrected chi connectivity index (χ4v) is 4.68. The largest absolute Gasteiger partial charge is 0.241 e. The van der Waals surface area contributed by atoms with E-state index >= 15 is 0 Å². The van der Waals surface area contributed by atoms with Crippen LogP contribution in [0.5, 0.6) is 0 Å². The Hall–Kier alpha value is -2.25. The Bertz CT molecular complexity index is 1050. The Morgan fingerprint density at radius 2 is 1.56 bits per heavy atom. The summed E-state index contributed by atoms with van der Waals surface area (Å²) in [5.41, 5.74) is 5.28. The van der Waals surface area contributed by atoms with E-state index in [-0.39, 0.29) is 6.54 Å². The second-order valence-electron chi connectivity index (χ2n) is 6.52. The number of sulfonamides is 1. The molecular formula is C18H22N4O2S. The van der Waals surface area contributed by atoms with Crippen LogP contribution in [0.3, 0.4) is 0 Å². The van der Waals surface area contributed by atoms with Gasteiger partial charge in [0.25, 0.3) is 0 Å². The molecule has 0 radical (unpaired) electrons. The fourth-order valence-electron chi connectivity index (χ4n) is 3.25. The summed E-state index contributed by atoms with van der Waals surface area (Å²) >= 11 is 0. The van der Waals surface area contributed by atoms with Gasteiger partial charge in [-0.1, -0.05) is 17.7 Å². The molecule has 1 aromatic carbocycles. The van der Waals surface area contributed by atoms with Gasteiger partial charge in [-0.15, -0.1) is 5.10 Å². The smallest absolute Gasteiger partial charge is 0.218 e. The van der Waals surface area contributed by atoms with Gasteiger partial charge in [0.2, 0.25) is 10.0 Å². The highest BCUT2D eigenvalue weighted by Gasteiger charge is 2.20. The minimum absolute atomic E-state index is 0.0509. The standard InChI is InChI=1S/C18H22N4O2S/c1-11-6-13(3)18(14(4)7-11)25(23,24)19-10-16-20-17-9-12(2)8-15(5)22(17)21-16/h6-9,19H,10H2,1-5H3. The van der Waals surface area contributed by atoms with E-state index in [4.69, 9.17) is 0 Å². The molecule has 0 amide bonds. The van der Waals surface area contributed by atoms with Gasteiger partial charge in [-0.25, -0.2) is 22.6 Å². The second kappa shape index (κ2) is 6.24. The van der Waals surface area contributed by atoms with Crippen molar-refractivity contribution in [2.45, 2.75) is 46.1 Å². The van der Waals surface area contributed by atoms with Gasteiger partial charge < -0.3 is 0 Å². The molecular weight excluding hydrogens is 336 g/mol. The van der Waals surface area contributed by atoms with Crippen molar-refractivity contribution < 1.29 is 8.42 Å². The van der Waals surface area contributed by atoms with E-state index in [1.807, 2.05) is 58.9 Å². The summed E-state index contributed by atoms with van der Waals surface area (Å²) in [7, 11) is -3.63. The third kappa shape index (κ3) is 3.43. The molecule has 0 atom stereocenters. The first-order valence-corrected chi connectivity index (χ1v) is 9.56. The quantitative estimate of drug-likeness (QED) is 0.778. The number of nitrogens with zero attached hydrogens (tertiary/aromatic N) is 3. The van der Waals surface area contributed by atoms with E-state index in [1.165, 1.54) is 0 Å². The van der Waals surface area contributed by atoms with Crippen molar-refractivity contribution in [1.29, 1.82) is 0 Å². The maximum atomic E-state index is 12.7. The summed E-state index contributed by atoms with van der Waals surface area (Å²) in [6, 6.07) is 7.68. The van der Waals surface area contributed by atoms with Crippen molar-refractivity contribution in [2.24, 2.45) is 0 Å². The Morgan fingerprint density at radius 3 is 2.20 bits per heavy atom. The van der Waals surface area contributed by atoms with Crippen LogP contribution < -0.4 is 4.72 Å². The van der Waals surface area contributed by atoms with Crippen LogP contribution in [0.4, 0.5) is 0 Å². The summed E-state index contributed by atoms with van der Waals surface area (Å²) in [5.74, 6) is 0.444. The van der Waals surface area contributed by atoms with Crippen molar-refractivity contribution in [1.82, 2.24) is 19.3 Å². The van der Waals surface area contributed by atoms with Crippen molar-refractivity contribution in [3.05, 3.63) is 58.0 Å². The minimum atomic E-state index is -3.63. The van der Waals surface area contributed by atoms with Crippen LogP contribution >= 0.6 is 0 Å². The topological polar surface area (TPSA) is 76.4 Å². The first-order valence-electron chi connectivity index (χ1n) is 8.08. The van der Waals surface area contributed by atoms with Crippen LogP contribution in [0, 0.1) is 34.6 Å². The lowest BCUT2D eigenvalue weighted by Gasteiger charge is -2.12. The average Bonchev–Trinajstić information content (AvgIpc) is 2.87. The molecule has 1 N–H and O–H groups in total. The Balaban J connectivity index is 1.89. The van der Waals surface area contributed by atoms with E-state index in [1.54, 1.807) is 4.52 Å². The maximum Gasteiger partial charge on any atom is 0.241 e. The number of aromatic nitrogens is 3. The van der Waals surface area contributed by atoms with E-state index in [2.05, 4.69) is 14.8 Å². The molecule has 0 unspecified atom stereocenters. The molecule has 25 heavy (non-hydrogen) atoms. The molecule has 3 rings (SSSR count). The number of fused-ring (bicyclic) bond motifs is 1. The van der Waals surface area contributed by atoms with Crippen molar-refractivity contribution in [3.8, 4) is 0 Å². The average molecular weight is 358 g/mol. The van der Waals surface area contributed by atoms with E-state index in [0.29, 0.717) is 10.7 Å². The number of pyridine rings is 1. The zero-order chi connectivity index (χ0) is 18.4. The SMILES string of the molecule is Cc1cc(C)c(S(=O)(=O)NCc2nc3cc(C)cc(C)n3n2)c(C)c1. The van der Waals surface area contributed by atoms with Crippen molar-refractivity contribution in [2.75, 3.05) is 0 Å². The van der Waals surface area contributed by atoms with Crippen LogP contribution in [0.1, 0.15) is 33.8 Å². The van der Waals surface area contributed by atoms with Gasteiger partial charge in [0.15, 0.2) is 11.5 Å². The number of hydrogen-bond acceptors (Lipinski definition) is 4. The summed E-state index contributed by atoms with van der Waals surface area (Å²) < 4.78 is 29.8. The molecule has 2 heterocycles. The zero-order valence-corrected chi connectivity index (χ0v) is 15.9.